The van der Waals surface area contributed by atoms with Gasteiger partial charge in [0.05, 0.1) is 5.69 Å². The van der Waals surface area contributed by atoms with Crippen LogP contribution in [0.4, 0.5) is 5.69 Å². The molecule has 3 aromatic rings. The van der Waals surface area contributed by atoms with E-state index in [9.17, 15) is 4.79 Å². The first-order chi connectivity index (χ1) is 10.8. The Morgan fingerprint density at radius 2 is 1.86 bits per heavy atom. The third-order valence-corrected chi connectivity index (χ3v) is 3.30. The van der Waals surface area contributed by atoms with Gasteiger partial charge >= 0.3 is 0 Å². The molecule has 0 radical (unpaired) electrons. The van der Waals surface area contributed by atoms with Crippen molar-refractivity contribution in [3.05, 3.63) is 76.8 Å². The van der Waals surface area contributed by atoms with Gasteiger partial charge in [0.2, 0.25) is 0 Å². The molecule has 0 unspecified atom stereocenters. The Morgan fingerprint density at radius 3 is 2.64 bits per heavy atom. The number of aromatic nitrogens is 3. The SMILES string of the molecule is O=c1[nH]nc(-c2ccccc2)cc1NCCc1ccccn1. The monoisotopic (exact) mass is 292 g/mol. The smallest absolute Gasteiger partial charge is 0.287 e. The van der Waals surface area contributed by atoms with Crippen molar-refractivity contribution in [3.8, 4) is 11.3 Å². The largest absolute Gasteiger partial charge is 0.380 e. The number of benzene rings is 1. The van der Waals surface area contributed by atoms with Crippen molar-refractivity contribution in [3.63, 3.8) is 0 Å². The lowest BCUT2D eigenvalue weighted by atomic mass is 10.1. The number of H-pyrrole nitrogens is 1. The highest BCUT2D eigenvalue weighted by Crippen LogP contribution is 2.16. The van der Waals surface area contributed by atoms with Crippen LogP contribution in [0.1, 0.15) is 5.69 Å². The van der Waals surface area contributed by atoms with Crippen LogP contribution < -0.4 is 10.9 Å². The van der Waals surface area contributed by atoms with Gasteiger partial charge in [0, 0.05) is 30.4 Å². The predicted octanol–water partition coefficient (Wildman–Crippen LogP) is 2.49. The van der Waals surface area contributed by atoms with Crippen LogP contribution in [0.2, 0.25) is 0 Å². The van der Waals surface area contributed by atoms with Crippen LogP contribution in [0.3, 0.4) is 0 Å². The van der Waals surface area contributed by atoms with Crippen molar-refractivity contribution in [1.29, 1.82) is 0 Å². The third kappa shape index (κ3) is 3.38. The van der Waals surface area contributed by atoms with E-state index >= 15 is 0 Å². The van der Waals surface area contributed by atoms with Crippen molar-refractivity contribution in [1.82, 2.24) is 15.2 Å². The van der Waals surface area contributed by atoms with Crippen molar-refractivity contribution in [2.45, 2.75) is 6.42 Å². The highest BCUT2D eigenvalue weighted by Gasteiger charge is 2.05. The molecule has 0 saturated heterocycles. The van der Waals surface area contributed by atoms with Crippen LogP contribution in [-0.4, -0.2) is 21.7 Å². The fourth-order valence-electron chi connectivity index (χ4n) is 2.17. The summed E-state index contributed by atoms with van der Waals surface area (Å²) in [4.78, 5) is 16.1. The van der Waals surface area contributed by atoms with Gasteiger partial charge in [0.1, 0.15) is 5.69 Å². The molecule has 1 aromatic carbocycles. The highest BCUT2D eigenvalue weighted by molar-refractivity contribution is 5.62. The molecular weight excluding hydrogens is 276 g/mol. The van der Waals surface area contributed by atoms with Crippen molar-refractivity contribution < 1.29 is 0 Å². The Bertz CT molecular complexity index is 785. The lowest BCUT2D eigenvalue weighted by Crippen LogP contribution is -2.17. The molecular formula is C17H16N4O. The summed E-state index contributed by atoms with van der Waals surface area (Å²) in [5.41, 5.74) is 2.99. The Labute approximate surface area is 128 Å². The second kappa shape index (κ2) is 6.67. The fraction of sp³-hybridized carbons (Fsp3) is 0.118. The average molecular weight is 292 g/mol. The molecule has 0 atom stereocenters. The summed E-state index contributed by atoms with van der Waals surface area (Å²) in [6.07, 6.45) is 2.52. The number of hydrogen-bond acceptors (Lipinski definition) is 4. The molecule has 5 nitrogen and oxygen atoms in total. The summed E-state index contributed by atoms with van der Waals surface area (Å²) in [6, 6.07) is 17.3. The zero-order valence-corrected chi connectivity index (χ0v) is 12.0. The predicted molar refractivity (Wildman–Crippen MR) is 86.7 cm³/mol. The van der Waals surface area contributed by atoms with Gasteiger partial charge in [0.25, 0.3) is 5.56 Å². The second-order valence-corrected chi connectivity index (χ2v) is 4.86. The number of aromatic amines is 1. The van der Waals surface area contributed by atoms with E-state index in [0.717, 1.165) is 23.4 Å². The Balaban J connectivity index is 1.72. The number of nitrogens with zero attached hydrogens (tertiary/aromatic N) is 2. The van der Waals surface area contributed by atoms with E-state index < -0.39 is 0 Å². The van der Waals surface area contributed by atoms with Crippen LogP contribution >= 0.6 is 0 Å². The van der Waals surface area contributed by atoms with Crippen LogP contribution in [0, 0.1) is 0 Å². The van der Waals surface area contributed by atoms with E-state index in [1.165, 1.54) is 0 Å². The van der Waals surface area contributed by atoms with Gasteiger partial charge in [-0.25, -0.2) is 5.10 Å². The summed E-state index contributed by atoms with van der Waals surface area (Å²) in [7, 11) is 0. The molecule has 5 heteroatoms. The van der Waals surface area contributed by atoms with Gasteiger partial charge in [0.15, 0.2) is 0 Å². The minimum atomic E-state index is -0.222. The number of rotatable bonds is 5. The molecule has 2 heterocycles. The van der Waals surface area contributed by atoms with E-state index in [-0.39, 0.29) is 5.56 Å². The molecule has 0 bridgehead atoms. The standard InChI is InChI=1S/C17H16N4O/c22-17-16(19-11-9-14-8-4-5-10-18-14)12-15(20-21-17)13-6-2-1-3-7-13/h1-8,10,12H,9,11H2,(H,19,20)(H,21,22). The Morgan fingerprint density at radius 1 is 1.05 bits per heavy atom. The number of nitrogens with one attached hydrogen (secondary N) is 2. The molecule has 0 aliphatic heterocycles. The van der Waals surface area contributed by atoms with Crippen LogP contribution in [0.15, 0.2) is 65.6 Å². The van der Waals surface area contributed by atoms with Crippen LogP contribution in [-0.2, 0) is 6.42 Å². The first-order valence-electron chi connectivity index (χ1n) is 7.12. The molecule has 0 aliphatic rings. The summed E-state index contributed by atoms with van der Waals surface area (Å²) in [5.74, 6) is 0. The lowest BCUT2D eigenvalue weighted by Gasteiger charge is -2.07. The van der Waals surface area contributed by atoms with E-state index in [1.54, 1.807) is 12.3 Å². The summed E-state index contributed by atoms with van der Waals surface area (Å²) >= 11 is 0. The van der Waals surface area contributed by atoms with Crippen LogP contribution in [0.25, 0.3) is 11.3 Å². The number of anilines is 1. The molecule has 0 fully saturated rings. The Kier molecular flexibility index (Phi) is 4.25. The molecule has 0 aliphatic carbocycles. The minimum absolute atomic E-state index is 0.222. The van der Waals surface area contributed by atoms with Gasteiger partial charge in [-0.05, 0) is 18.2 Å². The first-order valence-corrected chi connectivity index (χ1v) is 7.12. The lowest BCUT2D eigenvalue weighted by molar-refractivity contribution is 0.942. The average Bonchev–Trinajstić information content (AvgIpc) is 2.58. The zero-order valence-electron chi connectivity index (χ0n) is 12.0. The molecule has 0 amide bonds. The summed E-state index contributed by atoms with van der Waals surface area (Å²) < 4.78 is 0. The molecule has 110 valence electrons. The molecule has 3 rings (SSSR count). The maximum absolute atomic E-state index is 11.8. The van der Waals surface area contributed by atoms with Gasteiger partial charge in [-0.3, -0.25) is 9.78 Å². The third-order valence-electron chi connectivity index (χ3n) is 3.30. The Hall–Kier alpha value is -2.95. The molecule has 2 N–H and O–H groups in total. The van der Waals surface area contributed by atoms with Gasteiger partial charge in [-0.1, -0.05) is 36.4 Å². The van der Waals surface area contributed by atoms with E-state index in [1.807, 2.05) is 48.5 Å². The highest BCUT2D eigenvalue weighted by atomic mass is 16.1. The maximum Gasteiger partial charge on any atom is 0.287 e. The van der Waals surface area contributed by atoms with Crippen molar-refractivity contribution >= 4 is 5.69 Å². The van der Waals surface area contributed by atoms with E-state index in [4.69, 9.17) is 0 Å². The van der Waals surface area contributed by atoms with Crippen LogP contribution in [0.5, 0.6) is 0 Å². The van der Waals surface area contributed by atoms with Gasteiger partial charge in [-0.15, -0.1) is 0 Å². The minimum Gasteiger partial charge on any atom is -0.380 e. The van der Waals surface area contributed by atoms with Crippen molar-refractivity contribution in [2.75, 3.05) is 11.9 Å². The van der Waals surface area contributed by atoms with Gasteiger partial charge < -0.3 is 5.32 Å². The van der Waals surface area contributed by atoms with Gasteiger partial charge in [-0.2, -0.15) is 5.10 Å². The molecule has 22 heavy (non-hydrogen) atoms. The molecule has 0 spiro atoms. The topological polar surface area (TPSA) is 70.7 Å². The number of pyridine rings is 1. The second-order valence-electron chi connectivity index (χ2n) is 4.86. The summed E-state index contributed by atoms with van der Waals surface area (Å²) in [5, 5.41) is 9.77. The fourth-order valence-corrected chi connectivity index (χ4v) is 2.17. The quantitative estimate of drug-likeness (QED) is 0.758. The van der Waals surface area contributed by atoms with E-state index in [2.05, 4.69) is 20.5 Å². The first kappa shape index (κ1) is 14.0. The molecule has 2 aromatic heterocycles. The summed E-state index contributed by atoms with van der Waals surface area (Å²) in [6.45, 7) is 0.637. The normalized spacial score (nSPS) is 10.4. The maximum atomic E-state index is 11.8. The molecule has 0 saturated carbocycles. The number of hydrogen-bond donors (Lipinski definition) is 2. The zero-order chi connectivity index (χ0) is 15.2. The van der Waals surface area contributed by atoms with Crippen molar-refractivity contribution in [2.24, 2.45) is 0 Å². The van der Waals surface area contributed by atoms with E-state index in [0.29, 0.717) is 12.2 Å².